The van der Waals surface area contributed by atoms with Crippen molar-refractivity contribution < 1.29 is 9.18 Å². The van der Waals surface area contributed by atoms with E-state index in [1.165, 1.54) is 6.07 Å². The molecule has 0 unspecified atom stereocenters. The molecule has 1 aromatic carbocycles. The minimum atomic E-state index is -0.406. The molecule has 0 aromatic heterocycles. The Bertz CT molecular complexity index is 433. The van der Waals surface area contributed by atoms with Gasteiger partial charge in [0.2, 0.25) is 0 Å². The lowest BCUT2D eigenvalue weighted by atomic mass is 10.1. The van der Waals surface area contributed by atoms with Crippen LogP contribution in [0.3, 0.4) is 0 Å². The van der Waals surface area contributed by atoms with Gasteiger partial charge in [-0.2, -0.15) is 0 Å². The van der Waals surface area contributed by atoms with Crippen LogP contribution in [0, 0.1) is 5.82 Å². The van der Waals surface area contributed by atoms with E-state index in [0.29, 0.717) is 17.1 Å². The van der Waals surface area contributed by atoms with E-state index >= 15 is 0 Å². The molecule has 1 aromatic rings. The van der Waals surface area contributed by atoms with E-state index < -0.39 is 5.82 Å². The summed E-state index contributed by atoms with van der Waals surface area (Å²) in [7, 11) is 0. The average molecular weight is 271 g/mol. The van der Waals surface area contributed by atoms with Crippen LogP contribution in [0.5, 0.6) is 0 Å². The molecule has 1 aliphatic rings. The fourth-order valence-corrected chi connectivity index (χ4v) is 2.21. The monoisotopic (exact) mass is 270 g/mol. The van der Waals surface area contributed by atoms with Gasteiger partial charge in [-0.15, -0.1) is 0 Å². The molecule has 0 saturated carbocycles. The normalized spacial score (nSPS) is 16.8. The first kappa shape index (κ1) is 13.5. The fourth-order valence-electron chi connectivity index (χ4n) is 2.05. The van der Waals surface area contributed by atoms with Gasteiger partial charge in [-0.25, -0.2) is 4.39 Å². The summed E-state index contributed by atoms with van der Waals surface area (Å²) in [6.45, 7) is 3.94. The zero-order valence-corrected chi connectivity index (χ0v) is 10.8. The van der Waals surface area contributed by atoms with Crippen molar-refractivity contribution in [2.45, 2.75) is 6.42 Å². The maximum Gasteiger partial charge on any atom is 0.151 e. The van der Waals surface area contributed by atoms with E-state index in [2.05, 4.69) is 10.2 Å². The summed E-state index contributed by atoms with van der Waals surface area (Å²) in [6, 6.07) is 4.43. The molecule has 0 atom stereocenters. The van der Waals surface area contributed by atoms with E-state index in [1.54, 1.807) is 12.1 Å². The Morgan fingerprint density at radius 3 is 2.78 bits per heavy atom. The predicted octanol–water partition coefficient (Wildman–Crippen LogP) is 1.50. The van der Waals surface area contributed by atoms with E-state index in [4.69, 9.17) is 11.6 Å². The van der Waals surface area contributed by atoms with E-state index in [0.717, 1.165) is 26.2 Å². The van der Waals surface area contributed by atoms with E-state index in [1.807, 2.05) is 0 Å². The highest BCUT2D eigenvalue weighted by molar-refractivity contribution is 6.30. The van der Waals surface area contributed by atoms with Crippen LogP contribution in [0.25, 0.3) is 0 Å². The number of nitrogens with one attached hydrogen (secondary N) is 1. The van der Waals surface area contributed by atoms with Gasteiger partial charge >= 0.3 is 0 Å². The molecule has 1 N–H and O–H groups in total. The average Bonchev–Trinajstić information content (AvgIpc) is 2.34. The largest absolute Gasteiger partial charge is 0.314 e. The number of Topliss-reactive ketones (excluding diaryl/α,β-unsaturated/α-hetero) is 1. The second-order valence-electron chi connectivity index (χ2n) is 4.48. The van der Waals surface area contributed by atoms with Gasteiger partial charge in [-0.3, -0.25) is 9.69 Å². The summed E-state index contributed by atoms with van der Waals surface area (Å²) in [4.78, 5) is 13.9. The Kier molecular flexibility index (Phi) is 4.69. The van der Waals surface area contributed by atoms with Gasteiger partial charge < -0.3 is 5.32 Å². The zero-order chi connectivity index (χ0) is 13.0. The topological polar surface area (TPSA) is 32.3 Å². The molecular formula is C13H16ClFN2O. The van der Waals surface area contributed by atoms with Crippen LogP contribution in [0.1, 0.15) is 5.56 Å². The van der Waals surface area contributed by atoms with E-state index in [9.17, 15) is 9.18 Å². The Morgan fingerprint density at radius 1 is 1.39 bits per heavy atom. The lowest BCUT2D eigenvalue weighted by molar-refractivity contribution is -0.119. The molecule has 0 bridgehead atoms. The van der Waals surface area contributed by atoms with Crippen LogP contribution in [0.2, 0.25) is 5.02 Å². The van der Waals surface area contributed by atoms with Crippen LogP contribution in [0.15, 0.2) is 18.2 Å². The predicted molar refractivity (Wildman–Crippen MR) is 69.4 cm³/mol. The number of nitrogens with zero attached hydrogens (tertiary/aromatic N) is 1. The smallest absolute Gasteiger partial charge is 0.151 e. The molecule has 0 spiro atoms. The van der Waals surface area contributed by atoms with Crippen molar-refractivity contribution in [2.24, 2.45) is 0 Å². The molecule has 0 amide bonds. The van der Waals surface area contributed by atoms with E-state index in [-0.39, 0.29) is 12.2 Å². The van der Waals surface area contributed by atoms with Crippen LogP contribution >= 0.6 is 11.6 Å². The molecule has 98 valence electrons. The molecule has 1 heterocycles. The first-order valence-corrected chi connectivity index (χ1v) is 6.41. The molecule has 0 aliphatic carbocycles. The summed E-state index contributed by atoms with van der Waals surface area (Å²) in [5.41, 5.74) is 0.416. The minimum absolute atomic E-state index is 0.0399. The summed E-state index contributed by atoms with van der Waals surface area (Å²) in [5.74, 6) is -0.366. The van der Waals surface area contributed by atoms with Crippen molar-refractivity contribution in [3.05, 3.63) is 34.6 Å². The minimum Gasteiger partial charge on any atom is -0.314 e. The van der Waals surface area contributed by atoms with Crippen LogP contribution < -0.4 is 5.32 Å². The first-order chi connectivity index (χ1) is 8.65. The van der Waals surface area contributed by atoms with Crippen LogP contribution in [0.4, 0.5) is 4.39 Å². The molecule has 1 aliphatic heterocycles. The third kappa shape index (κ3) is 3.77. The standard InChI is InChI=1S/C13H16ClFN2O/c14-11-2-1-10(13(15)8-11)7-12(18)9-17-5-3-16-4-6-17/h1-2,8,16H,3-7,9H2. The van der Waals surface area contributed by atoms with Crippen LogP contribution in [-0.2, 0) is 11.2 Å². The van der Waals surface area contributed by atoms with Crippen molar-refractivity contribution in [3.63, 3.8) is 0 Å². The molecule has 2 rings (SSSR count). The van der Waals surface area contributed by atoms with Crippen molar-refractivity contribution >= 4 is 17.4 Å². The first-order valence-electron chi connectivity index (χ1n) is 6.04. The highest BCUT2D eigenvalue weighted by Crippen LogP contribution is 2.15. The third-order valence-corrected chi connectivity index (χ3v) is 3.25. The number of carbonyl (C=O) groups excluding carboxylic acids is 1. The SMILES string of the molecule is O=C(Cc1ccc(Cl)cc1F)CN1CCNCC1. The maximum absolute atomic E-state index is 13.5. The van der Waals surface area contributed by atoms with Gasteiger partial charge in [0.1, 0.15) is 5.82 Å². The third-order valence-electron chi connectivity index (χ3n) is 3.01. The Hall–Kier alpha value is -0.970. The number of hydrogen-bond acceptors (Lipinski definition) is 3. The molecule has 1 fully saturated rings. The van der Waals surface area contributed by atoms with Gasteiger partial charge in [-0.1, -0.05) is 17.7 Å². The number of carbonyl (C=O) groups is 1. The number of piperazine rings is 1. The van der Waals surface area contributed by atoms with Gasteiger partial charge in [-0.05, 0) is 17.7 Å². The van der Waals surface area contributed by atoms with Crippen molar-refractivity contribution in [2.75, 3.05) is 32.7 Å². The molecule has 18 heavy (non-hydrogen) atoms. The van der Waals surface area contributed by atoms with Crippen molar-refractivity contribution in [3.8, 4) is 0 Å². The number of halogens is 2. The lowest BCUT2D eigenvalue weighted by Crippen LogP contribution is -2.45. The Labute approximate surface area is 111 Å². The summed E-state index contributed by atoms with van der Waals surface area (Å²) in [6.07, 6.45) is 0.132. The highest BCUT2D eigenvalue weighted by Gasteiger charge is 2.15. The Balaban J connectivity index is 1.90. The molecule has 3 nitrogen and oxygen atoms in total. The Morgan fingerprint density at radius 2 is 2.11 bits per heavy atom. The van der Waals surface area contributed by atoms with Gasteiger partial charge in [0.05, 0.1) is 6.54 Å². The number of rotatable bonds is 4. The van der Waals surface area contributed by atoms with Crippen LogP contribution in [-0.4, -0.2) is 43.4 Å². The zero-order valence-electron chi connectivity index (χ0n) is 10.1. The summed E-state index contributed by atoms with van der Waals surface area (Å²) >= 11 is 5.67. The summed E-state index contributed by atoms with van der Waals surface area (Å²) < 4.78 is 13.5. The summed E-state index contributed by atoms with van der Waals surface area (Å²) in [5, 5.41) is 3.58. The number of benzene rings is 1. The van der Waals surface area contributed by atoms with Gasteiger partial charge in [0.25, 0.3) is 0 Å². The molecule has 5 heteroatoms. The molecule has 1 saturated heterocycles. The molecule has 0 radical (unpaired) electrons. The van der Waals surface area contributed by atoms with Crippen molar-refractivity contribution in [1.29, 1.82) is 0 Å². The van der Waals surface area contributed by atoms with Gasteiger partial charge in [0, 0.05) is 37.6 Å². The second kappa shape index (κ2) is 6.27. The highest BCUT2D eigenvalue weighted by atomic mass is 35.5. The van der Waals surface area contributed by atoms with Crippen molar-refractivity contribution in [1.82, 2.24) is 10.2 Å². The van der Waals surface area contributed by atoms with Gasteiger partial charge in [0.15, 0.2) is 5.78 Å². The molecular weight excluding hydrogens is 255 g/mol. The second-order valence-corrected chi connectivity index (χ2v) is 4.91. The number of hydrogen-bond donors (Lipinski definition) is 1. The maximum atomic E-state index is 13.5. The number of ketones is 1. The lowest BCUT2D eigenvalue weighted by Gasteiger charge is -2.26. The fraction of sp³-hybridized carbons (Fsp3) is 0.462. The quantitative estimate of drug-likeness (QED) is 0.900.